The molecule has 0 bridgehead atoms. The quantitative estimate of drug-likeness (QED) is 0.577. The molecule has 0 heterocycles. The minimum Gasteiger partial charge on any atom is -0.466 e. The molecule has 0 aliphatic carbocycles. The van der Waals surface area contributed by atoms with Crippen LogP contribution in [0.15, 0.2) is 43.5 Å². The highest BCUT2D eigenvalue weighted by Crippen LogP contribution is 2.39. The van der Waals surface area contributed by atoms with E-state index in [9.17, 15) is 18.0 Å². The number of esters is 1. The molecular formula is C16H17F3O2. The number of benzene rings is 1. The van der Waals surface area contributed by atoms with E-state index in [-0.39, 0.29) is 12.2 Å². The van der Waals surface area contributed by atoms with Gasteiger partial charge in [-0.05, 0) is 18.1 Å². The molecular weight excluding hydrogens is 281 g/mol. The van der Waals surface area contributed by atoms with Gasteiger partial charge in [-0.3, -0.25) is 4.79 Å². The Kier molecular flexibility index (Phi) is 5.76. The fraction of sp³-hybridized carbons (Fsp3) is 0.312. The Labute approximate surface area is 121 Å². The van der Waals surface area contributed by atoms with Crippen molar-refractivity contribution in [1.29, 1.82) is 0 Å². The molecule has 0 amide bonds. The van der Waals surface area contributed by atoms with E-state index in [0.717, 1.165) is 11.6 Å². The third kappa shape index (κ3) is 4.21. The molecule has 0 fully saturated rings. The van der Waals surface area contributed by atoms with Crippen molar-refractivity contribution < 1.29 is 22.7 Å². The zero-order valence-corrected chi connectivity index (χ0v) is 11.7. The first kappa shape index (κ1) is 17.0. The summed E-state index contributed by atoms with van der Waals surface area (Å²) in [6.07, 6.45) is -2.27. The zero-order chi connectivity index (χ0) is 16.0. The van der Waals surface area contributed by atoms with Crippen LogP contribution in [-0.2, 0) is 9.53 Å². The molecule has 0 saturated heterocycles. The van der Waals surface area contributed by atoms with Gasteiger partial charge in [0.25, 0.3) is 0 Å². The molecule has 1 aromatic carbocycles. The van der Waals surface area contributed by atoms with Crippen molar-refractivity contribution in [2.24, 2.45) is 5.92 Å². The predicted molar refractivity (Wildman–Crippen MR) is 75.6 cm³/mol. The summed E-state index contributed by atoms with van der Waals surface area (Å²) in [7, 11) is 0. The van der Waals surface area contributed by atoms with E-state index in [1.165, 1.54) is 12.1 Å². The van der Waals surface area contributed by atoms with Gasteiger partial charge in [-0.2, -0.15) is 13.2 Å². The van der Waals surface area contributed by atoms with Gasteiger partial charge in [-0.15, -0.1) is 6.58 Å². The van der Waals surface area contributed by atoms with Crippen LogP contribution in [0, 0.1) is 5.92 Å². The molecule has 0 aliphatic heterocycles. The van der Waals surface area contributed by atoms with Crippen molar-refractivity contribution in [3.63, 3.8) is 0 Å². The number of hydrogen-bond acceptors (Lipinski definition) is 2. The Morgan fingerprint density at radius 3 is 2.24 bits per heavy atom. The lowest BCUT2D eigenvalue weighted by Gasteiger charge is -2.25. The minimum absolute atomic E-state index is 0.0157. The van der Waals surface area contributed by atoms with Crippen molar-refractivity contribution in [2.75, 3.05) is 6.61 Å². The van der Waals surface area contributed by atoms with Crippen molar-refractivity contribution in [2.45, 2.75) is 19.0 Å². The molecule has 0 aromatic heterocycles. The molecule has 2 atom stereocenters. The second-order valence-corrected chi connectivity index (χ2v) is 4.40. The van der Waals surface area contributed by atoms with Crippen molar-refractivity contribution in [1.82, 2.24) is 0 Å². The first-order valence-electron chi connectivity index (χ1n) is 6.43. The smallest absolute Gasteiger partial charge is 0.396 e. The van der Waals surface area contributed by atoms with Crippen LogP contribution >= 0.6 is 0 Å². The lowest BCUT2D eigenvalue weighted by Crippen LogP contribution is -2.33. The molecule has 0 spiro atoms. The van der Waals surface area contributed by atoms with E-state index >= 15 is 0 Å². The SMILES string of the molecule is C=Cc1ccc(C(C(=O)OCC)[C@@H](C=C)C(F)(F)F)cc1. The number of allylic oxidation sites excluding steroid dienone is 1. The highest BCUT2D eigenvalue weighted by molar-refractivity contribution is 5.79. The van der Waals surface area contributed by atoms with Gasteiger partial charge in [-0.25, -0.2) is 0 Å². The average Bonchev–Trinajstić information content (AvgIpc) is 2.43. The van der Waals surface area contributed by atoms with Gasteiger partial charge < -0.3 is 4.74 Å². The number of hydrogen-bond donors (Lipinski definition) is 0. The Balaban J connectivity index is 3.26. The molecule has 0 aliphatic rings. The summed E-state index contributed by atoms with van der Waals surface area (Å²) in [6, 6.07) is 6.15. The first-order chi connectivity index (χ1) is 9.85. The van der Waals surface area contributed by atoms with Crippen molar-refractivity contribution >= 4 is 12.0 Å². The summed E-state index contributed by atoms with van der Waals surface area (Å²) in [5, 5.41) is 0. The Bertz CT molecular complexity index is 503. The van der Waals surface area contributed by atoms with Gasteiger partial charge in [0.1, 0.15) is 0 Å². The summed E-state index contributed by atoms with van der Waals surface area (Å²) in [6.45, 7) is 8.34. The monoisotopic (exact) mass is 298 g/mol. The summed E-state index contributed by atoms with van der Waals surface area (Å²) >= 11 is 0. The molecule has 5 heteroatoms. The van der Waals surface area contributed by atoms with E-state index in [4.69, 9.17) is 4.74 Å². The Morgan fingerprint density at radius 1 is 1.29 bits per heavy atom. The number of alkyl halides is 3. The molecule has 0 radical (unpaired) electrons. The Morgan fingerprint density at radius 2 is 1.86 bits per heavy atom. The Hall–Kier alpha value is -2.04. The van der Waals surface area contributed by atoms with Gasteiger partial charge in [0.2, 0.25) is 0 Å². The van der Waals surface area contributed by atoms with Crippen LogP contribution in [0.2, 0.25) is 0 Å². The third-order valence-corrected chi connectivity index (χ3v) is 3.06. The molecule has 114 valence electrons. The number of carbonyl (C=O) groups excluding carboxylic acids is 1. The average molecular weight is 298 g/mol. The summed E-state index contributed by atoms with van der Waals surface area (Å²) in [5.41, 5.74) is 0.991. The lowest BCUT2D eigenvalue weighted by molar-refractivity contribution is -0.178. The first-order valence-corrected chi connectivity index (χ1v) is 6.43. The molecule has 21 heavy (non-hydrogen) atoms. The van der Waals surface area contributed by atoms with Crippen LogP contribution in [-0.4, -0.2) is 18.8 Å². The van der Waals surface area contributed by atoms with Crippen molar-refractivity contribution in [3.05, 3.63) is 54.6 Å². The van der Waals surface area contributed by atoms with E-state index in [1.807, 2.05) is 0 Å². The van der Waals surface area contributed by atoms with Crippen LogP contribution in [0.3, 0.4) is 0 Å². The number of halogens is 3. The van der Waals surface area contributed by atoms with Gasteiger partial charge in [0, 0.05) is 0 Å². The second kappa shape index (κ2) is 7.11. The maximum Gasteiger partial charge on any atom is 0.396 e. The fourth-order valence-electron chi connectivity index (χ4n) is 2.02. The molecule has 0 N–H and O–H groups in total. The van der Waals surface area contributed by atoms with E-state index in [2.05, 4.69) is 13.2 Å². The molecule has 1 unspecified atom stereocenters. The molecule has 0 saturated carbocycles. The van der Waals surface area contributed by atoms with E-state index in [0.29, 0.717) is 0 Å². The normalized spacial score (nSPS) is 14.1. The maximum atomic E-state index is 13.1. The molecule has 2 nitrogen and oxygen atoms in total. The fourth-order valence-corrected chi connectivity index (χ4v) is 2.02. The second-order valence-electron chi connectivity index (χ2n) is 4.40. The van der Waals surface area contributed by atoms with Gasteiger partial charge in [0.05, 0.1) is 18.4 Å². The third-order valence-electron chi connectivity index (χ3n) is 3.06. The standard InChI is InChI=1S/C16H17F3O2/c1-4-11-7-9-12(10-8-11)14(15(20)21-6-3)13(5-2)16(17,18)19/h4-5,7-10,13-14H,1-2,6H2,3H3/t13-,14?/m1/s1. The minimum atomic E-state index is -4.57. The van der Waals surface area contributed by atoms with Crippen LogP contribution in [0.1, 0.15) is 24.0 Å². The number of ether oxygens (including phenoxy) is 1. The van der Waals surface area contributed by atoms with E-state index in [1.54, 1.807) is 25.1 Å². The molecule has 1 rings (SSSR count). The van der Waals surface area contributed by atoms with Crippen LogP contribution in [0.25, 0.3) is 6.08 Å². The highest BCUT2D eigenvalue weighted by Gasteiger charge is 2.46. The van der Waals surface area contributed by atoms with E-state index < -0.39 is 24.0 Å². The number of carbonyl (C=O) groups is 1. The van der Waals surface area contributed by atoms with Gasteiger partial charge in [0.15, 0.2) is 0 Å². The van der Waals surface area contributed by atoms with Gasteiger partial charge >= 0.3 is 12.1 Å². The van der Waals surface area contributed by atoms with Crippen LogP contribution in [0.5, 0.6) is 0 Å². The summed E-state index contributed by atoms with van der Waals surface area (Å²) < 4.78 is 44.1. The molecule has 1 aromatic rings. The largest absolute Gasteiger partial charge is 0.466 e. The highest BCUT2D eigenvalue weighted by atomic mass is 19.4. The van der Waals surface area contributed by atoms with Crippen LogP contribution in [0.4, 0.5) is 13.2 Å². The lowest BCUT2D eigenvalue weighted by atomic mass is 9.85. The predicted octanol–water partition coefficient (Wildman–Crippen LogP) is 4.34. The van der Waals surface area contributed by atoms with Gasteiger partial charge in [-0.1, -0.05) is 43.0 Å². The van der Waals surface area contributed by atoms with Crippen molar-refractivity contribution in [3.8, 4) is 0 Å². The summed E-state index contributed by atoms with van der Waals surface area (Å²) in [4.78, 5) is 12.0. The maximum absolute atomic E-state index is 13.1. The van der Waals surface area contributed by atoms with Crippen LogP contribution < -0.4 is 0 Å². The summed E-state index contributed by atoms with van der Waals surface area (Å²) in [5.74, 6) is -4.36. The topological polar surface area (TPSA) is 26.3 Å². The number of rotatable bonds is 6. The zero-order valence-electron chi connectivity index (χ0n) is 11.7.